The summed E-state index contributed by atoms with van der Waals surface area (Å²) >= 11 is 6.18. The minimum Gasteiger partial charge on any atom is -0.481 e. The molecule has 4 heterocycles. The molecule has 6 aromatic rings. The SMILES string of the molecule is O=C(O)CCN1CCc2c(c3ccccc3n2Cc2ccc3oc(-c4ccc5ccc(Cl)cc5n4)cc3c2)C1. The van der Waals surface area contributed by atoms with Gasteiger partial charge in [0.25, 0.3) is 0 Å². The summed E-state index contributed by atoms with van der Waals surface area (Å²) in [5.74, 6) is -0.0175. The van der Waals surface area contributed by atoms with Crippen molar-refractivity contribution in [2.75, 3.05) is 13.1 Å². The van der Waals surface area contributed by atoms with Crippen LogP contribution in [0.5, 0.6) is 0 Å². The zero-order chi connectivity index (χ0) is 26.5. The van der Waals surface area contributed by atoms with Crippen molar-refractivity contribution < 1.29 is 14.3 Å². The molecule has 0 spiro atoms. The lowest BCUT2D eigenvalue weighted by atomic mass is 10.0. The largest absolute Gasteiger partial charge is 0.481 e. The van der Waals surface area contributed by atoms with E-state index in [1.165, 1.54) is 27.7 Å². The number of pyridine rings is 1. The van der Waals surface area contributed by atoms with Gasteiger partial charge in [0.15, 0.2) is 5.76 Å². The van der Waals surface area contributed by atoms with Crippen LogP contribution in [0.4, 0.5) is 0 Å². The average Bonchev–Trinajstić information content (AvgIpc) is 3.50. The van der Waals surface area contributed by atoms with Crippen molar-refractivity contribution >= 4 is 50.3 Å². The first-order valence-electron chi connectivity index (χ1n) is 13.1. The van der Waals surface area contributed by atoms with Crippen LogP contribution in [0.2, 0.25) is 5.02 Å². The van der Waals surface area contributed by atoms with E-state index >= 15 is 0 Å². The van der Waals surface area contributed by atoms with E-state index in [2.05, 4.69) is 51.9 Å². The Bertz CT molecular complexity index is 1890. The fraction of sp³-hybridized carbons (Fsp3) is 0.188. The third-order valence-electron chi connectivity index (χ3n) is 7.71. The van der Waals surface area contributed by atoms with Crippen LogP contribution in [0.1, 0.15) is 23.2 Å². The fourth-order valence-electron chi connectivity index (χ4n) is 5.81. The molecule has 194 valence electrons. The second-order valence-corrected chi connectivity index (χ2v) is 10.7. The quantitative estimate of drug-likeness (QED) is 0.245. The molecule has 0 radical (unpaired) electrons. The van der Waals surface area contributed by atoms with Crippen LogP contribution in [0.15, 0.2) is 83.3 Å². The zero-order valence-corrected chi connectivity index (χ0v) is 22.0. The van der Waals surface area contributed by atoms with Gasteiger partial charge < -0.3 is 14.1 Å². The molecular formula is C32H26ClN3O3. The van der Waals surface area contributed by atoms with Gasteiger partial charge in [0, 0.05) is 65.0 Å². The number of halogens is 1. The van der Waals surface area contributed by atoms with Crippen molar-refractivity contribution in [2.24, 2.45) is 0 Å². The van der Waals surface area contributed by atoms with Gasteiger partial charge in [0.2, 0.25) is 0 Å². The maximum Gasteiger partial charge on any atom is 0.304 e. The standard InChI is InChI=1S/C32H26ClN3O3/c33-23-8-6-21-7-9-26(34-27(21)17-23)31-16-22-15-20(5-10-30(22)39-31)18-36-28-4-2-1-3-24(28)25-19-35(13-11-29(25)36)14-12-32(37)38/h1-10,15-17H,11-14,18-19H2,(H,37,38). The van der Waals surface area contributed by atoms with Crippen LogP contribution in [0.3, 0.4) is 0 Å². The van der Waals surface area contributed by atoms with Gasteiger partial charge in [-0.15, -0.1) is 0 Å². The molecule has 3 aromatic carbocycles. The number of carbonyl (C=O) groups is 1. The lowest BCUT2D eigenvalue weighted by Gasteiger charge is -2.27. The highest BCUT2D eigenvalue weighted by Crippen LogP contribution is 2.33. The summed E-state index contributed by atoms with van der Waals surface area (Å²) in [6, 6.07) is 26.7. The first-order valence-corrected chi connectivity index (χ1v) is 13.5. The lowest BCUT2D eigenvalue weighted by Crippen LogP contribution is -2.32. The molecule has 3 aromatic heterocycles. The van der Waals surface area contributed by atoms with Crippen molar-refractivity contribution in [2.45, 2.75) is 25.9 Å². The third-order valence-corrected chi connectivity index (χ3v) is 7.95. The molecule has 6 nitrogen and oxygen atoms in total. The summed E-state index contributed by atoms with van der Waals surface area (Å²) in [6.07, 6.45) is 1.07. The van der Waals surface area contributed by atoms with Crippen LogP contribution in [-0.2, 0) is 24.3 Å². The highest BCUT2D eigenvalue weighted by molar-refractivity contribution is 6.31. The van der Waals surface area contributed by atoms with Crippen molar-refractivity contribution in [1.29, 1.82) is 0 Å². The van der Waals surface area contributed by atoms with E-state index in [-0.39, 0.29) is 6.42 Å². The molecular weight excluding hydrogens is 510 g/mol. The minimum absolute atomic E-state index is 0.170. The zero-order valence-electron chi connectivity index (χ0n) is 21.2. The molecule has 0 atom stereocenters. The number of hydrogen-bond donors (Lipinski definition) is 1. The van der Waals surface area contributed by atoms with Crippen molar-refractivity contribution in [3.8, 4) is 11.5 Å². The van der Waals surface area contributed by atoms with Gasteiger partial charge in [0.1, 0.15) is 11.3 Å². The van der Waals surface area contributed by atoms with E-state index in [9.17, 15) is 4.79 Å². The minimum atomic E-state index is -0.748. The number of aromatic nitrogens is 2. The summed E-state index contributed by atoms with van der Waals surface area (Å²) in [6.45, 7) is 2.98. The van der Waals surface area contributed by atoms with Gasteiger partial charge in [-0.25, -0.2) is 4.98 Å². The number of furan rings is 1. The Hall–Kier alpha value is -4.13. The summed E-state index contributed by atoms with van der Waals surface area (Å²) in [5.41, 5.74) is 7.52. The predicted molar refractivity (Wildman–Crippen MR) is 154 cm³/mol. The number of rotatable bonds is 6. The molecule has 7 heteroatoms. The Morgan fingerprint density at radius 1 is 1.00 bits per heavy atom. The van der Waals surface area contributed by atoms with Crippen LogP contribution >= 0.6 is 11.6 Å². The highest BCUT2D eigenvalue weighted by atomic mass is 35.5. The Morgan fingerprint density at radius 3 is 2.77 bits per heavy atom. The smallest absolute Gasteiger partial charge is 0.304 e. The number of para-hydroxylation sites is 1. The Balaban J connectivity index is 1.21. The van der Waals surface area contributed by atoms with Crippen LogP contribution < -0.4 is 0 Å². The number of aliphatic carboxylic acids is 1. The van der Waals surface area contributed by atoms with Crippen molar-refractivity contribution in [3.05, 3.63) is 101 Å². The van der Waals surface area contributed by atoms with E-state index in [1.807, 2.05) is 36.4 Å². The van der Waals surface area contributed by atoms with E-state index < -0.39 is 5.97 Å². The predicted octanol–water partition coefficient (Wildman–Crippen LogP) is 7.14. The van der Waals surface area contributed by atoms with Crippen LogP contribution in [-0.4, -0.2) is 38.6 Å². The molecule has 0 bridgehead atoms. The molecule has 0 fully saturated rings. The lowest BCUT2D eigenvalue weighted by molar-refractivity contribution is -0.137. The first-order chi connectivity index (χ1) is 19.0. The number of hydrogen-bond acceptors (Lipinski definition) is 4. The summed E-state index contributed by atoms with van der Waals surface area (Å²) in [4.78, 5) is 18.1. The van der Waals surface area contributed by atoms with Gasteiger partial charge in [-0.3, -0.25) is 9.69 Å². The van der Waals surface area contributed by atoms with Crippen LogP contribution in [0.25, 0.3) is 44.2 Å². The molecule has 0 aliphatic carbocycles. The van der Waals surface area contributed by atoms with E-state index in [1.54, 1.807) is 0 Å². The molecule has 0 amide bonds. The van der Waals surface area contributed by atoms with Gasteiger partial charge in [-0.1, -0.05) is 48.0 Å². The number of carboxylic acid groups (broad SMARTS) is 1. The molecule has 0 saturated carbocycles. The average molecular weight is 536 g/mol. The summed E-state index contributed by atoms with van der Waals surface area (Å²) in [5, 5.41) is 13.1. The highest BCUT2D eigenvalue weighted by Gasteiger charge is 2.24. The van der Waals surface area contributed by atoms with E-state index in [0.29, 0.717) is 11.6 Å². The molecule has 1 aliphatic rings. The number of benzene rings is 3. The maximum absolute atomic E-state index is 11.1. The van der Waals surface area contributed by atoms with Gasteiger partial charge in [-0.05, 0) is 53.6 Å². The Labute approximate surface area is 230 Å². The Kier molecular flexibility index (Phi) is 5.87. The fourth-order valence-corrected chi connectivity index (χ4v) is 5.98. The molecule has 0 unspecified atom stereocenters. The molecule has 7 rings (SSSR count). The summed E-state index contributed by atoms with van der Waals surface area (Å²) < 4.78 is 8.61. The molecule has 1 aliphatic heterocycles. The van der Waals surface area contributed by atoms with E-state index in [0.717, 1.165) is 59.4 Å². The van der Waals surface area contributed by atoms with Gasteiger partial charge >= 0.3 is 5.97 Å². The van der Waals surface area contributed by atoms with Crippen LogP contribution in [0, 0.1) is 0 Å². The Morgan fingerprint density at radius 2 is 1.87 bits per heavy atom. The normalized spacial score (nSPS) is 13.9. The third kappa shape index (κ3) is 4.46. The first kappa shape index (κ1) is 23.9. The van der Waals surface area contributed by atoms with Gasteiger partial charge in [-0.2, -0.15) is 0 Å². The van der Waals surface area contributed by atoms with Gasteiger partial charge in [0.05, 0.1) is 11.9 Å². The number of nitrogens with zero attached hydrogens (tertiary/aromatic N) is 3. The molecule has 39 heavy (non-hydrogen) atoms. The second-order valence-electron chi connectivity index (χ2n) is 10.2. The van der Waals surface area contributed by atoms with Crippen molar-refractivity contribution in [3.63, 3.8) is 0 Å². The number of fused-ring (bicyclic) bond motifs is 5. The summed E-state index contributed by atoms with van der Waals surface area (Å²) in [7, 11) is 0. The van der Waals surface area contributed by atoms with E-state index in [4.69, 9.17) is 26.1 Å². The monoisotopic (exact) mass is 535 g/mol. The molecule has 0 saturated heterocycles. The maximum atomic E-state index is 11.1. The second kappa shape index (κ2) is 9.56. The topological polar surface area (TPSA) is 71.5 Å². The molecule has 1 N–H and O–H groups in total. The number of carboxylic acids is 1. The van der Waals surface area contributed by atoms with Crippen molar-refractivity contribution in [1.82, 2.24) is 14.5 Å².